The Hall–Kier alpha value is -0.130. The second-order valence-electron chi connectivity index (χ2n) is 4.71. The van der Waals surface area contributed by atoms with Gasteiger partial charge in [0.1, 0.15) is 0 Å². The summed E-state index contributed by atoms with van der Waals surface area (Å²) in [6.45, 7) is 5.33. The lowest BCUT2D eigenvalue weighted by atomic mass is 9.77. The Morgan fingerprint density at radius 1 is 1.50 bits per heavy atom. The summed E-state index contributed by atoms with van der Waals surface area (Å²) in [5, 5.41) is 5.06. The average Bonchev–Trinajstić information content (AvgIpc) is 2.01. The van der Waals surface area contributed by atoms with Crippen molar-refractivity contribution < 1.29 is 13.2 Å². The molecule has 1 fully saturated rings. The van der Waals surface area contributed by atoms with Gasteiger partial charge in [0.2, 0.25) is 10.0 Å². The smallest absolute Gasteiger partial charge is 0.209 e. The minimum Gasteiger partial charge on any atom is -0.381 e. The van der Waals surface area contributed by atoms with Crippen molar-refractivity contribution in [3.8, 4) is 0 Å². The zero-order valence-electron chi connectivity index (χ0n) is 8.82. The SMILES string of the molecule is CC(C)(CS(N)(=O)=O)C1CCCOC1. The van der Waals surface area contributed by atoms with E-state index in [1.54, 1.807) is 0 Å². The largest absolute Gasteiger partial charge is 0.381 e. The molecule has 1 atom stereocenters. The highest BCUT2D eigenvalue weighted by Gasteiger charge is 2.34. The van der Waals surface area contributed by atoms with E-state index in [2.05, 4.69) is 0 Å². The van der Waals surface area contributed by atoms with E-state index >= 15 is 0 Å². The van der Waals surface area contributed by atoms with Crippen molar-refractivity contribution in [2.45, 2.75) is 26.7 Å². The van der Waals surface area contributed by atoms with Crippen molar-refractivity contribution in [2.24, 2.45) is 16.5 Å². The molecule has 84 valence electrons. The third-order valence-electron chi connectivity index (χ3n) is 2.84. The van der Waals surface area contributed by atoms with Crippen LogP contribution in [-0.2, 0) is 14.8 Å². The lowest BCUT2D eigenvalue weighted by Gasteiger charge is -2.35. The van der Waals surface area contributed by atoms with Gasteiger partial charge in [-0.25, -0.2) is 13.6 Å². The number of hydrogen-bond donors (Lipinski definition) is 1. The molecular weight excluding hydrogens is 202 g/mol. The minimum absolute atomic E-state index is 0.0357. The van der Waals surface area contributed by atoms with Gasteiger partial charge in [-0.15, -0.1) is 0 Å². The molecule has 4 nitrogen and oxygen atoms in total. The molecule has 1 aliphatic heterocycles. The molecule has 2 N–H and O–H groups in total. The fourth-order valence-corrected chi connectivity index (χ4v) is 3.27. The summed E-state index contributed by atoms with van der Waals surface area (Å²) in [6.07, 6.45) is 2.04. The van der Waals surface area contributed by atoms with E-state index in [9.17, 15) is 8.42 Å². The van der Waals surface area contributed by atoms with Gasteiger partial charge in [0.25, 0.3) is 0 Å². The van der Waals surface area contributed by atoms with Crippen LogP contribution in [0.15, 0.2) is 0 Å². The first kappa shape index (κ1) is 11.9. The van der Waals surface area contributed by atoms with Crippen LogP contribution < -0.4 is 5.14 Å². The highest BCUT2D eigenvalue weighted by atomic mass is 32.2. The summed E-state index contributed by atoms with van der Waals surface area (Å²) < 4.78 is 27.4. The third-order valence-corrected chi connectivity index (χ3v) is 3.99. The summed E-state index contributed by atoms with van der Waals surface area (Å²) in [5.41, 5.74) is -0.284. The van der Waals surface area contributed by atoms with Crippen LogP contribution in [0.2, 0.25) is 0 Å². The summed E-state index contributed by atoms with van der Waals surface area (Å²) in [7, 11) is -3.39. The molecule has 1 aliphatic rings. The van der Waals surface area contributed by atoms with Crippen LogP contribution in [0.25, 0.3) is 0 Å². The summed E-state index contributed by atoms with van der Waals surface area (Å²) >= 11 is 0. The zero-order chi connectivity index (χ0) is 10.8. The maximum atomic E-state index is 11.0. The van der Waals surface area contributed by atoms with Crippen molar-refractivity contribution in [3.05, 3.63) is 0 Å². The molecule has 1 heterocycles. The third kappa shape index (κ3) is 3.55. The highest BCUT2D eigenvalue weighted by molar-refractivity contribution is 7.89. The van der Waals surface area contributed by atoms with E-state index in [-0.39, 0.29) is 11.2 Å². The molecule has 0 bridgehead atoms. The van der Waals surface area contributed by atoms with Crippen molar-refractivity contribution in [2.75, 3.05) is 19.0 Å². The first-order valence-electron chi connectivity index (χ1n) is 4.89. The average molecular weight is 221 g/mol. The number of ether oxygens (including phenoxy) is 1. The van der Waals surface area contributed by atoms with E-state index in [1.165, 1.54) is 0 Å². The molecule has 0 aliphatic carbocycles. The predicted octanol–water partition coefficient (Wildman–Crippen LogP) is 0.728. The van der Waals surface area contributed by atoms with Gasteiger partial charge in [-0.2, -0.15) is 0 Å². The molecule has 1 rings (SSSR count). The number of rotatable bonds is 3. The normalized spacial score (nSPS) is 24.9. The molecule has 0 spiro atoms. The van der Waals surface area contributed by atoms with Gasteiger partial charge in [-0.05, 0) is 24.2 Å². The zero-order valence-corrected chi connectivity index (χ0v) is 9.64. The van der Waals surface area contributed by atoms with E-state index in [1.807, 2.05) is 13.8 Å². The van der Waals surface area contributed by atoms with Crippen LogP contribution in [0.3, 0.4) is 0 Å². The first-order valence-corrected chi connectivity index (χ1v) is 6.61. The Morgan fingerprint density at radius 2 is 2.14 bits per heavy atom. The predicted molar refractivity (Wildman–Crippen MR) is 55.3 cm³/mol. The summed E-state index contributed by atoms with van der Waals surface area (Å²) in [4.78, 5) is 0. The van der Waals surface area contributed by atoms with Crippen molar-refractivity contribution in [1.82, 2.24) is 0 Å². The molecule has 1 unspecified atom stereocenters. The Kier molecular flexibility index (Phi) is 3.55. The molecule has 0 aromatic rings. The van der Waals surface area contributed by atoms with Gasteiger partial charge in [0.15, 0.2) is 0 Å². The molecular formula is C9H19NO3S. The first-order chi connectivity index (χ1) is 6.31. The van der Waals surface area contributed by atoms with Gasteiger partial charge >= 0.3 is 0 Å². The van der Waals surface area contributed by atoms with Crippen LogP contribution in [0.1, 0.15) is 26.7 Å². The lowest BCUT2D eigenvalue weighted by molar-refractivity contribution is 0.0113. The van der Waals surface area contributed by atoms with Crippen molar-refractivity contribution in [1.29, 1.82) is 0 Å². The Labute approximate surface area is 85.9 Å². The van der Waals surface area contributed by atoms with E-state index < -0.39 is 10.0 Å². The number of primary sulfonamides is 1. The van der Waals surface area contributed by atoms with Crippen LogP contribution in [0, 0.1) is 11.3 Å². The van der Waals surface area contributed by atoms with Crippen LogP contribution in [-0.4, -0.2) is 27.4 Å². The number of nitrogens with two attached hydrogens (primary N) is 1. The highest BCUT2D eigenvalue weighted by Crippen LogP contribution is 2.33. The number of sulfonamides is 1. The van der Waals surface area contributed by atoms with Crippen molar-refractivity contribution in [3.63, 3.8) is 0 Å². The summed E-state index contributed by atoms with van der Waals surface area (Å²) in [5.74, 6) is 0.336. The molecule has 0 aromatic heterocycles. The van der Waals surface area contributed by atoms with Gasteiger partial charge in [0, 0.05) is 13.2 Å². The van der Waals surface area contributed by atoms with Gasteiger partial charge < -0.3 is 4.74 Å². The molecule has 1 saturated heterocycles. The van der Waals surface area contributed by atoms with E-state index in [0.29, 0.717) is 12.5 Å². The van der Waals surface area contributed by atoms with Gasteiger partial charge in [-0.1, -0.05) is 13.8 Å². The fourth-order valence-electron chi connectivity index (χ4n) is 1.99. The maximum absolute atomic E-state index is 11.0. The molecule has 0 amide bonds. The molecule has 0 saturated carbocycles. The maximum Gasteiger partial charge on any atom is 0.209 e. The fraction of sp³-hybridized carbons (Fsp3) is 1.00. The molecule has 0 radical (unpaired) electrons. The van der Waals surface area contributed by atoms with Gasteiger partial charge in [0.05, 0.1) is 5.75 Å². The van der Waals surface area contributed by atoms with Crippen LogP contribution in [0.5, 0.6) is 0 Å². The second kappa shape index (κ2) is 4.16. The van der Waals surface area contributed by atoms with Crippen LogP contribution in [0.4, 0.5) is 0 Å². The Balaban J connectivity index is 2.63. The Morgan fingerprint density at radius 3 is 2.57 bits per heavy atom. The lowest BCUT2D eigenvalue weighted by Crippen LogP contribution is -2.38. The van der Waals surface area contributed by atoms with E-state index in [0.717, 1.165) is 19.4 Å². The Bertz CT molecular complexity index is 278. The second-order valence-corrected chi connectivity index (χ2v) is 6.32. The standard InChI is InChI=1S/C9H19NO3S/c1-9(2,7-14(10,11)12)8-4-3-5-13-6-8/h8H,3-7H2,1-2H3,(H2,10,11,12). The van der Waals surface area contributed by atoms with E-state index in [4.69, 9.17) is 9.88 Å². The summed E-state index contributed by atoms with van der Waals surface area (Å²) in [6, 6.07) is 0. The van der Waals surface area contributed by atoms with Gasteiger partial charge in [-0.3, -0.25) is 0 Å². The topological polar surface area (TPSA) is 69.4 Å². The quantitative estimate of drug-likeness (QED) is 0.763. The molecule has 0 aromatic carbocycles. The molecule has 5 heteroatoms. The number of hydrogen-bond acceptors (Lipinski definition) is 3. The van der Waals surface area contributed by atoms with Crippen LogP contribution >= 0.6 is 0 Å². The van der Waals surface area contributed by atoms with Crippen molar-refractivity contribution >= 4 is 10.0 Å². The minimum atomic E-state index is -3.39. The molecule has 14 heavy (non-hydrogen) atoms. The monoisotopic (exact) mass is 221 g/mol.